The van der Waals surface area contributed by atoms with E-state index < -0.39 is 29.3 Å². The average molecular weight is 454 g/mol. The molecule has 1 aliphatic heterocycles. The molecule has 3 aromatic rings. The van der Waals surface area contributed by atoms with Crippen LogP contribution in [0.2, 0.25) is 5.02 Å². The number of carbonyl (C=O) groups excluding carboxylic acids is 2. The van der Waals surface area contributed by atoms with E-state index in [0.717, 1.165) is 12.1 Å². The number of hydrogen-bond acceptors (Lipinski definition) is 5. The molecule has 1 heterocycles. The van der Waals surface area contributed by atoms with Crippen LogP contribution < -0.4 is 9.64 Å². The van der Waals surface area contributed by atoms with E-state index in [9.17, 15) is 24.2 Å². The predicted octanol–water partition coefficient (Wildman–Crippen LogP) is 4.82. The van der Waals surface area contributed by atoms with Gasteiger partial charge in [0.05, 0.1) is 23.7 Å². The van der Waals surface area contributed by atoms with Crippen LogP contribution in [0.25, 0.3) is 5.76 Å². The molecule has 0 bridgehead atoms. The summed E-state index contributed by atoms with van der Waals surface area (Å²) in [5.41, 5.74) is 0.778. The lowest BCUT2D eigenvalue weighted by Crippen LogP contribution is -2.29. The van der Waals surface area contributed by atoms with Gasteiger partial charge < -0.3 is 14.9 Å². The van der Waals surface area contributed by atoms with Gasteiger partial charge in [-0.25, -0.2) is 4.39 Å². The Balaban J connectivity index is 1.94. The lowest BCUT2D eigenvalue weighted by Gasteiger charge is -2.25. The summed E-state index contributed by atoms with van der Waals surface area (Å²) in [4.78, 5) is 27.3. The monoisotopic (exact) mass is 453 g/mol. The molecule has 162 valence electrons. The van der Waals surface area contributed by atoms with Crippen LogP contribution in [0.1, 0.15) is 17.2 Å². The molecule has 1 unspecified atom stereocenters. The van der Waals surface area contributed by atoms with Gasteiger partial charge in [-0.2, -0.15) is 0 Å². The first-order valence-electron chi connectivity index (χ1n) is 9.51. The van der Waals surface area contributed by atoms with Crippen molar-refractivity contribution >= 4 is 34.7 Å². The highest BCUT2D eigenvalue weighted by molar-refractivity contribution is 6.51. The van der Waals surface area contributed by atoms with Gasteiger partial charge >= 0.3 is 0 Å². The number of aromatic hydroxyl groups is 1. The number of benzene rings is 3. The first kappa shape index (κ1) is 21.4. The average Bonchev–Trinajstić information content (AvgIpc) is 3.06. The molecule has 32 heavy (non-hydrogen) atoms. The van der Waals surface area contributed by atoms with E-state index >= 15 is 0 Å². The minimum absolute atomic E-state index is 0.0181. The van der Waals surface area contributed by atoms with Gasteiger partial charge in [-0.1, -0.05) is 17.7 Å². The molecule has 6 nitrogen and oxygen atoms in total. The zero-order valence-electron chi connectivity index (χ0n) is 16.8. The van der Waals surface area contributed by atoms with Crippen molar-refractivity contribution < 1.29 is 28.9 Å². The number of rotatable bonds is 4. The number of methoxy groups -OCH3 is 1. The van der Waals surface area contributed by atoms with E-state index in [-0.39, 0.29) is 21.9 Å². The molecule has 0 spiro atoms. The molecule has 1 saturated heterocycles. The molecular weight excluding hydrogens is 437 g/mol. The number of ether oxygens (including phenoxy) is 1. The van der Waals surface area contributed by atoms with Crippen molar-refractivity contribution in [1.82, 2.24) is 0 Å². The van der Waals surface area contributed by atoms with E-state index in [1.807, 2.05) is 0 Å². The summed E-state index contributed by atoms with van der Waals surface area (Å²) < 4.78 is 18.5. The first-order valence-corrected chi connectivity index (χ1v) is 9.89. The molecular formula is C24H17ClFNO5. The molecule has 3 aromatic carbocycles. The van der Waals surface area contributed by atoms with Gasteiger partial charge in [0.25, 0.3) is 11.7 Å². The SMILES string of the molecule is COc1ccc(N2C(=O)C(=O)/C(=C(\O)c3ccc(F)cc3)C2c2ccc(O)c(Cl)c2)cc1. The van der Waals surface area contributed by atoms with Crippen LogP contribution in [0.4, 0.5) is 10.1 Å². The van der Waals surface area contributed by atoms with Gasteiger partial charge in [-0.3, -0.25) is 14.5 Å². The van der Waals surface area contributed by atoms with Crippen LogP contribution >= 0.6 is 11.6 Å². The Bertz CT molecular complexity index is 1240. The van der Waals surface area contributed by atoms with E-state index in [0.29, 0.717) is 17.0 Å². The Kier molecular flexibility index (Phi) is 5.59. The maximum Gasteiger partial charge on any atom is 0.300 e. The summed E-state index contributed by atoms with van der Waals surface area (Å²) in [5, 5.41) is 20.8. The van der Waals surface area contributed by atoms with Crippen molar-refractivity contribution in [3.63, 3.8) is 0 Å². The summed E-state index contributed by atoms with van der Waals surface area (Å²) in [6.45, 7) is 0. The Morgan fingerprint density at radius 1 is 1.03 bits per heavy atom. The summed E-state index contributed by atoms with van der Waals surface area (Å²) in [6.07, 6.45) is 0. The number of anilines is 1. The zero-order valence-corrected chi connectivity index (χ0v) is 17.5. The number of halogens is 2. The molecule has 1 amide bonds. The summed E-state index contributed by atoms with van der Waals surface area (Å²) in [7, 11) is 1.50. The highest BCUT2D eigenvalue weighted by Crippen LogP contribution is 2.43. The number of phenols is 1. The van der Waals surface area contributed by atoms with E-state index in [4.69, 9.17) is 16.3 Å². The van der Waals surface area contributed by atoms with E-state index in [1.165, 1.54) is 42.3 Å². The van der Waals surface area contributed by atoms with Gasteiger partial charge in [0.2, 0.25) is 0 Å². The predicted molar refractivity (Wildman–Crippen MR) is 117 cm³/mol. The molecule has 8 heteroatoms. The van der Waals surface area contributed by atoms with Crippen molar-refractivity contribution in [2.24, 2.45) is 0 Å². The van der Waals surface area contributed by atoms with Crippen molar-refractivity contribution in [2.75, 3.05) is 12.0 Å². The fourth-order valence-corrected chi connectivity index (χ4v) is 3.80. The Morgan fingerprint density at radius 2 is 1.69 bits per heavy atom. The smallest absolute Gasteiger partial charge is 0.300 e. The van der Waals surface area contributed by atoms with Crippen LogP contribution in [0.15, 0.2) is 72.3 Å². The second-order valence-electron chi connectivity index (χ2n) is 7.08. The highest BCUT2D eigenvalue weighted by Gasteiger charge is 2.47. The quantitative estimate of drug-likeness (QED) is 0.336. The third-order valence-electron chi connectivity index (χ3n) is 5.20. The molecule has 0 saturated carbocycles. The number of hydrogen-bond donors (Lipinski definition) is 2. The van der Waals surface area contributed by atoms with Crippen molar-refractivity contribution in [1.29, 1.82) is 0 Å². The van der Waals surface area contributed by atoms with Crippen LogP contribution in [0, 0.1) is 5.82 Å². The largest absolute Gasteiger partial charge is 0.507 e. The van der Waals surface area contributed by atoms with Crippen LogP contribution in [0.3, 0.4) is 0 Å². The van der Waals surface area contributed by atoms with Crippen molar-refractivity contribution in [3.8, 4) is 11.5 Å². The fraction of sp³-hybridized carbons (Fsp3) is 0.0833. The number of nitrogens with zero attached hydrogens (tertiary/aromatic N) is 1. The molecule has 1 fully saturated rings. The number of amides is 1. The molecule has 0 aromatic heterocycles. The number of aliphatic hydroxyl groups is 1. The van der Waals surface area contributed by atoms with Crippen LogP contribution in [0.5, 0.6) is 11.5 Å². The number of aliphatic hydroxyl groups excluding tert-OH is 1. The van der Waals surface area contributed by atoms with Crippen LogP contribution in [-0.4, -0.2) is 29.0 Å². The lowest BCUT2D eigenvalue weighted by atomic mass is 9.95. The van der Waals surface area contributed by atoms with Gasteiger partial charge in [0.15, 0.2) is 0 Å². The molecule has 0 aliphatic carbocycles. The summed E-state index contributed by atoms with van der Waals surface area (Å²) >= 11 is 6.08. The lowest BCUT2D eigenvalue weighted by molar-refractivity contribution is -0.132. The minimum Gasteiger partial charge on any atom is -0.507 e. The molecule has 2 N–H and O–H groups in total. The molecule has 0 radical (unpaired) electrons. The highest BCUT2D eigenvalue weighted by atomic mass is 35.5. The molecule has 1 aliphatic rings. The van der Waals surface area contributed by atoms with Gasteiger partial charge in [-0.05, 0) is 66.2 Å². The van der Waals surface area contributed by atoms with Crippen LogP contribution in [-0.2, 0) is 9.59 Å². The normalized spacial score (nSPS) is 17.6. The Morgan fingerprint density at radius 3 is 2.28 bits per heavy atom. The number of Topliss-reactive ketones (excluding diaryl/α,β-unsaturated/α-hetero) is 1. The maximum absolute atomic E-state index is 13.4. The van der Waals surface area contributed by atoms with Gasteiger partial charge in [0, 0.05) is 11.3 Å². The first-order chi connectivity index (χ1) is 15.3. The van der Waals surface area contributed by atoms with Gasteiger partial charge in [-0.15, -0.1) is 0 Å². The Labute approximate surface area is 187 Å². The second kappa shape index (κ2) is 8.36. The molecule has 4 rings (SSSR count). The maximum atomic E-state index is 13.4. The fourth-order valence-electron chi connectivity index (χ4n) is 3.61. The minimum atomic E-state index is -1.04. The number of phenolic OH excluding ortho intramolecular Hbond substituents is 1. The number of carbonyl (C=O) groups is 2. The van der Waals surface area contributed by atoms with E-state index in [2.05, 4.69) is 0 Å². The summed E-state index contributed by atoms with van der Waals surface area (Å²) in [5.74, 6) is -2.34. The van der Waals surface area contributed by atoms with Gasteiger partial charge in [0.1, 0.15) is 23.1 Å². The second-order valence-corrected chi connectivity index (χ2v) is 7.49. The topological polar surface area (TPSA) is 87.1 Å². The third kappa shape index (κ3) is 3.67. The van der Waals surface area contributed by atoms with Crippen molar-refractivity contribution in [3.05, 3.63) is 94.3 Å². The summed E-state index contributed by atoms with van der Waals surface area (Å²) in [6, 6.07) is 14.6. The molecule has 1 atom stereocenters. The Hall–Kier alpha value is -3.84. The van der Waals surface area contributed by atoms with E-state index in [1.54, 1.807) is 24.3 Å². The van der Waals surface area contributed by atoms with Crippen molar-refractivity contribution in [2.45, 2.75) is 6.04 Å². The third-order valence-corrected chi connectivity index (χ3v) is 5.50. The number of ketones is 1. The zero-order chi connectivity index (χ0) is 23.0. The standard InChI is InChI=1S/C24H17ClFNO5/c1-32-17-9-7-16(8-10-17)27-21(14-4-11-19(28)18(25)12-14)20(23(30)24(27)31)22(29)13-2-5-15(26)6-3-13/h2-12,21,28-29H,1H3/b22-20-.